The van der Waals surface area contributed by atoms with Crippen molar-refractivity contribution in [1.82, 2.24) is 10.3 Å². The first-order valence-corrected chi connectivity index (χ1v) is 7.96. The van der Waals surface area contributed by atoms with E-state index in [1.165, 1.54) is 11.3 Å². The first-order chi connectivity index (χ1) is 10.5. The Kier molecular flexibility index (Phi) is 5.91. The van der Waals surface area contributed by atoms with E-state index in [9.17, 15) is 9.90 Å². The number of benzene rings is 1. The highest BCUT2D eigenvalue weighted by Crippen LogP contribution is 2.12. The van der Waals surface area contributed by atoms with Crippen LogP contribution in [0.2, 0.25) is 0 Å². The maximum Gasteiger partial charge on any atom is 0.226 e. The van der Waals surface area contributed by atoms with Gasteiger partial charge >= 0.3 is 0 Å². The van der Waals surface area contributed by atoms with Crippen molar-refractivity contribution in [2.24, 2.45) is 0 Å². The lowest BCUT2D eigenvalue weighted by atomic mass is 10.2. The number of amides is 1. The van der Waals surface area contributed by atoms with Gasteiger partial charge in [-0.3, -0.25) is 4.79 Å². The molecule has 1 atom stereocenters. The Hall–Kier alpha value is -1.92. The number of aryl methyl sites for hydroxylation is 2. The van der Waals surface area contributed by atoms with Crippen LogP contribution in [0.3, 0.4) is 0 Å². The molecule has 1 unspecified atom stereocenters. The topological polar surface area (TPSA) is 71.5 Å². The van der Waals surface area contributed by atoms with Crippen LogP contribution in [0.5, 0.6) is 5.75 Å². The summed E-state index contributed by atoms with van der Waals surface area (Å²) >= 11 is 1.52. The summed E-state index contributed by atoms with van der Waals surface area (Å²) in [7, 11) is 0. The number of ether oxygens (including phenoxy) is 1. The second kappa shape index (κ2) is 7.91. The fourth-order valence-corrected chi connectivity index (χ4v) is 2.52. The molecule has 0 aliphatic carbocycles. The molecule has 1 heterocycles. The number of carbonyl (C=O) groups excluding carboxylic acids is 1. The molecule has 1 aromatic heterocycles. The number of hydrogen-bond donors (Lipinski definition) is 2. The van der Waals surface area contributed by atoms with Crippen LogP contribution in [0.1, 0.15) is 16.3 Å². The van der Waals surface area contributed by atoms with E-state index in [1.807, 2.05) is 43.5 Å². The minimum Gasteiger partial charge on any atom is -0.491 e. The molecule has 0 bridgehead atoms. The number of thiazole rings is 1. The Bertz CT molecular complexity index is 627. The molecule has 2 N–H and O–H groups in total. The second-order valence-electron chi connectivity index (χ2n) is 5.12. The highest BCUT2D eigenvalue weighted by Gasteiger charge is 2.10. The molecule has 118 valence electrons. The van der Waals surface area contributed by atoms with E-state index < -0.39 is 6.10 Å². The molecule has 6 heteroatoms. The second-order valence-corrected chi connectivity index (χ2v) is 6.18. The van der Waals surface area contributed by atoms with E-state index in [0.29, 0.717) is 5.75 Å². The maximum absolute atomic E-state index is 11.7. The number of rotatable bonds is 7. The summed E-state index contributed by atoms with van der Waals surface area (Å²) < 4.78 is 5.49. The van der Waals surface area contributed by atoms with Gasteiger partial charge in [0, 0.05) is 11.9 Å². The number of aromatic nitrogens is 1. The summed E-state index contributed by atoms with van der Waals surface area (Å²) in [4.78, 5) is 16.0. The Morgan fingerprint density at radius 2 is 2.27 bits per heavy atom. The third-order valence-electron chi connectivity index (χ3n) is 2.98. The molecular weight excluding hydrogens is 300 g/mol. The molecule has 5 nitrogen and oxygen atoms in total. The average Bonchev–Trinajstić information content (AvgIpc) is 2.88. The lowest BCUT2D eigenvalue weighted by molar-refractivity contribution is -0.121. The number of hydrogen-bond acceptors (Lipinski definition) is 5. The van der Waals surface area contributed by atoms with Gasteiger partial charge in [0.05, 0.1) is 17.1 Å². The van der Waals surface area contributed by atoms with Crippen LogP contribution in [0.4, 0.5) is 0 Å². The first-order valence-electron chi connectivity index (χ1n) is 7.08. The number of carbonyl (C=O) groups is 1. The summed E-state index contributed by atoms with van der Waals surface area (Å²) in [5.74, 6) is 0.559. The van der Waals surface area contributed by atoms with Crippen LogP contribution in [-0.4, -0.2) is 35.3 Å². The zero-order valence-corrected chi connectivity index (χ0v) is 13.5. The fraction of sp³-hybridized carbons (Fsp3) is 0.375. The Morgan fingerprint density at radius 3 is 2.95 bits per heavy atom. The monoisotopic (exact) mass is 320 g/mol. The number of aliphatic hydroxyl groups excluding tert-OH is 1. The standard InChI is InChI=1S/C16H20N2O3S/c1-11-4-3-5-15(6-11)21-9-14(19)8-17-16(20)7-13-10-22-12(2)18-13/h3-6,10,14,19H,7-9H2,1-2H3,(H,17,20). The lowest BCUT2D eigenvalue weighted by Gasteiger charge is -2.13. The van der Waals surface area contributed by atoms with Crippen LogP contribution in [0.15, 0.2) is 29.6 Å². The molecule has 0 fully saturated rings. The maximum atomic E-state index is 11.7. The summed E-state index contributed by atoms with van der Waals surface area (Å²) in [6.07, 6.45) is -0.517. The van der Waals surface area contributed by atoms with Gasteiger partial charge in [-0.25, -0.2) is 4.98 Å². The molecule has 1 aromatic carbocycles. The Morgan fingerprint density at radius 1 is 1.45 bits per heavy atom. The van der Waals surface area contributed by atoms with Gasteiger partial charge in [-0.05, 0) is 31.5 Å². The van der Waals surface area contributed by atoms with Crippen molar-refractivity contribution in [2.75, 3.05) is 13.2 Å². The van der Waals surface area contributed by atoms with Crippen LogP contribution < -0.4 is 10.1 Å². The third-order valence-corrected chi connectivity index (χ3v) is 3.80. The van der Waals surface area contributed by atoms with Crippen LogP contribution in [0, 0.1) is 13.8 Å². The molecule has 0 radical (unpaired) electrons. The van der Waals surface area contributed by atoms with Crippen molar-refractivity contribution < 1.29 is 14.6 Å². The quantitative estimate of drug-likeness (QED) is 0.817. The Labute approximate surface area is 134 Å². The van der Waals surface area contributed by atoms with Crippen molar-refractivity contribution in [3.05, 3.63) is 45.9 Å². The van der Waals surface area contributed by atoms with Gasteiger partial charge in [0.2, 0.25) is 5.91 Å². The van der Waals surface area contributed by atoms with E-state index in [2.05, 4.69) is 10.3 Å². The molecule has 0 saturated heterocycles. The average molecular weight is 320 g/mol. The number of nitrogens with one attached hydrogen (secondary N) is 1. The van der Waals surface area contributed by atoms with Crippen molar-refractivity contribution in [3.63, 3.8) is 0 Å². The lowest BCUT2D eigenvalue weighted by Crippen LogP contribution is -2.36. The van der Waals surface area contributed by atoms with Crippen LogP contribution >= 0.6 is 11.3 Å². The third kappa shape index (κ3) is 5.46. The van der Waals surface area contributed by atoms with Gasteiger partial charge in [0.1, 0.15) is 18.5 Å². The largest absolute Gasteiger partial charge is 0.491 e. The smallest absolute Gasteiger partial charge is 0.226 e. The number of nitrogens with zero attached hydrogens (tertiary/aromatic N) is 1. The molecule has 2 aromatic rings. The molecule has 0 aliphatic heterocycles. The van der Waals surface area contributed by atoms with E-state index in [4.69, 9.17) is 4.74 Å². The summed E-state index contributed by atoms with van der Waals surface area (Å²) in [6.45, 7) is 4.18. The molecular formula is C16H20N2O3S. The summed E-state index contributed by atoms with van der Waals surface area (Å²) in [5, 5.41) is 15.3. The van der Waals surface area contributed by atoms with Gasteiger partial charge in [-0.2, -0.15) is 0 Å². The first kappa shape index (κ1) is 16.5. The molecule has 2 rings (SSSR count). The van der Waals surface area contributed by atoms with Gasteiger partial charge < -0.3 is 15.2 Å². The van der Waals surface area contributed by atoms with E-state index in [-0.39, 0.29) is 25.5 Å². The van der Waals surface area contributed by atoms with Crippen LogP contribution in [0.25, 0.3) is 0 Å². The fourth-order valence-electron chi connectivity index (χ4n) is 1.90. The minimum absolute atomic E-state index is 0.138. The van der Waals surface area contributed by atoms with E-state index in [1.54, 1.807) is 0 Å². The molecule has 1 amide bonds. The van der Waals surface area contributed by atoms with E-state index in [0.717, 1.165) is 16.3 Å². The van der Waals surface area contributed by atoms with Gasteiger partial charge in [0.25, 0.3) is 0 Å². The molecule has 22 heavy (non-hydrogen) atoms. The van der Waals surface area contributed by atoms with Crippen molar-refractivity contribution in [2.45, 2.75) is 26.4 Å². The van der Waals surface area contributed by atoms with Gasteiger partial charge in [-0.15, -0.1) is 11.3 Å². The predicted octanol–water partition coefficient (Wildman–Crippen LogP) is 1.86. The normalized spacial score (nSPS) is 12.0. The SMILES string of the molecule is Cc1cccc(OCC(O)CNC(=O)Cc2csc(C)n2)c1. The van der Waals surface area contributed by atoms with Crippen molar-refractivity contribution in [3.8, 4) is 5.75 Å². The van der Waals surface area contributed by atoms with Gasteiger partial charge in [0.15, 0.2) is 0 Å². The van der Waals surface area contributed by atoms with Gasteiger partial charge in [-0.1, -0.05) is 12.1 Å². The Balaban J connectivity index is 1.68. The molecule has 0 spiro atoms. The van der Waals surface area contributed by atoms with Crippen molar-refractivity contribution in [1.29, 1.82) is 0 Å². The molecule has 0 aliphatic rings. The minimum atomic E-state index is -0.748. The van der Waals surface area contributed by atoms with E-state index >= 15 is 0 Å². The zero-order chi connectivity index (χ0) is 15.9. The van der Waals surface area contributed by atoms with Crippen LogP contribution in [-0.2, 0) is 11.2 Å². The summed E-state index contributed by atoms with van der Waals surface area (Å²) in [6, 6.07) is 7.61. The van der Waals surface area contributed by atoms with Crippen molar-refractivity contribution >= 4 is 17.2 Å². The summed E-state index contributed by atoms with van der Waals surface area (Å²) in [5.41, 5.74) is 1.85. The highest BCUT2D eigenvalue weighted by molar-refractivity contribution is 7.09. The number of aliphatic hydroxyl groups is 1. The highest BCUT2D eigenvalue weighted by atomic mass is 32.1. The zero-order valence-electron chi connectivity index (χ0n) is 12.7. The predicted molar refractivity (Wildman–Crippen MR) is 86.2 cm³/mol. The molecule has 0 saturated carbocycles.